The van der Waals surface area contributed by atoms with Gasteiger partial charge in [0, 0.05) is 0 Å². The van der Waals surface area contributed by atoms with Crippen LogP contribution in [0.2, 0.25) is 0 Å². The Labute approximate surface area is 268 Å². The summed E-state index contributed by atoms with van der Waals surface area (Å²) in [5.41, 5.74) is 7.82. The first-order chi connectivity index (χ1) is 21.6. The number of nitrogens with zero attached hydrogens (tertiary/aromatic N) is 1. The number of hydrogen-bond acceptors (Lipinski definition) is 11. The van der Waals surface area contributed by atoms with Gasteiger partial charge in [-0.1, -0.05) is 60.7 Å². The molecule has 0 aliphatic heterocycles. The number of rotatable bonds is 14. The average molecular weight is 646 g/mol. The third kappa shape index (κ3) is 16.1. The minimum atomic E-state index is -1.30. The van der Waals surface area contributed by atoms with Gasteiger partial charge in [0.2, 0.25) is 0 Å². The van der Waals surface area contributed by atoms with E-state index in [1.807, 2.05) is 12.1 Å². The molecular weight excluding hydrogens is 602 g/mol. The molecule has 2 rings (SSSR count). The maximum Gasteiger partial charge on any atom is 0.408 e. The number of hydroxylamine groups is 1. The highest BCUT2D eigenvalue weighted by Crippen LogP contribution is 2.11. The van der Waals surface area contributed by atoms with Crippen molar-refractivity contribution in [2.45, 2.75) is 78.0 Å². The van der Waals surface area contributed by atoms with Crippen molar-refractivity contribution in [3.8, 4) is 0 Å². The van der Waals surface area contributed by atoms with Crippen LogP contribution in [0.5, 0.6) is 0 Å². The highest BCUT2D eigenvalue weighted by molar-refractivity contribution is 5.82. The van der Waals surface area contributed by atoms with Crippen molar-refractivity contribution in [2.75, 3.05) is 13.2 Å². The van der Waals surface area contributed by atoms with Crippen molar-refractivity contribution < 1.29 is 47.8 Å². The quantitative estimate of drug-likeness (QED) is 0.0771. The number of carbonyl (C=O) groups excluding carboxylic acids is 4. The lowest BCUT2D eigenvalue weighted by Crippen LogP contribution is -2.48. The largest absolute Gasteiger partial charge is 0.458 e. The number of ether oxygens (including phenoxy) is 4. The van der Waals surface area contributed by atoms with Crippen molar-refractivity contribution in [1.29, 1.82) is 0 Å². The van der Waals surface area contributed by atoms with Crippen molar-refractivity contribution in [3.05, 3.63) is 71.8 Å². The second kappa shape index (κ2) is 18.0. The fourth-order valence-corrected chi connectivity index (χ4v) is 3.30. The van der Waals surface area contributed by atoms with E-state index in [0.717, 1.165) is 11.1 Å². The van der Waals surface area contributed by atoms with E-state index >= 15 is 0 Å². The summed E-state index contributed by atoms with van der Waals surface area (Å²) in [6.07, 6.45) is -1.76. The molecule has 2 unspecified atom stereocenters. The lowest BCUT2D eigenvalue weighted by atomic mass is 10.2. The number of oxime groups is 1. The minimum absolute atomic E-state index is 0.0202. The molecule has 0 heterocycles. The molecule has 2 amide bonds. The van der Waals surface area contributed by atoms with Crippen LogP contribution in [0.25, 0.3) is 0 Å². The number of carbonyl (C=O) groups is 4. The van der Waals surface area contributed by atoms with Crippen LogP contribution < -0.4 is 21.8 Å². The van der Waals surface area contributed by atoms with Gasteiger partial charge in [0.15, 0.2) is 12.1 Å². The van der Waals surface area contributed by atoms with Crippen LogP contribution in [0.4, 0.5) is 9.59 Å². The number of nitrogens with two attached hydrogens (primary N) is 1. The normalized spacial score (nSPS) is 13.0. The molecule has 0 saturated carbocycles. The summed E-state index contributed by atoms with van der Waals surface area (Å²) in [4.78, 5) is 60.5. The van der Waals surface area contributed by atoms with Crippen LogP contribution in [0, 0.1) is 0 Å². The Morgan fingerprint density at radius 1 is 0.696 bits per heavy atom. The van der Waals surface area contributed by atoms with Crippen LogP contribution in [0.1, 0.15) is 52.7 Å². The molecule has 2 aromatic carbocycles. The van der Waals surface area contributed by atoms with Crippen molar-refractivity contribution in [1.82, 2.24) is 16.1 Å². The predicted octanol–water partition coefficient (Wildman–Crippen LogP) is 3.03. The number of hydrogen-bond donors (Lipinski definition) is 4. The van der Waals surface area contributed by atoms with Crippen LogP contribution in [0.3, 0.4) is 0 Å². The molecule has 0 aliphatic rings. The van der Waals surface area contributed by atoms with Crippen LogP contribution >= 0.6 is 0 Å². The SMILES string of the molecule is CC(C)(C)OC(=O)C(CON=C(N)NOCC(NC(=O)OCc1ccccc1)C(=O)OC(C)(C)C)NC(=O)OCc1ccccc1. The molecule has 15 nitrogen and oxygen atoms in total. The number of amides is 2. The van der Waals surface area contributed by atoms with Gasteiger partial charge >= 0.3 is 24.1 Å². The molecule has 0 fully saturated rings. The van der Waals surface area contributed by atoms with Gasteiger partial charge in [-0.3, -0.25) is 4.84 Å². The molecule has 46 heavy (non-hydrogen) atoms. The van der Waals surface area contributed by atoms with Gasteiger partial charge in [-0.25, -0.2) is 24.7 Å². The monoisotopic (exact) mass is 645 g/mol. The van der Waals surface area contributed by atoms with E-state index in [4.69, 9.17) is 34.4 Å². The summed E-state index contributed by atoms with van der Waals surface area (Å²) in [5.74, 6) is -2.00. The molecule has 0 aromatic heterocycles. The summed E-state index contributed by atoms with van der Waals surface area (Å²) in [7, 11) is 0. The molecule has 5 N–H and O–H groups in total. The third-order valence-corrected chi connectivity index (χ3v) is 5.22. The third-order valence-electron chi connectivity index (χ3n) is 5.22. The Morgan fingerprint density at radius 2 is 1.11 bits per heavy atom. The predicted molar refractivity (Wildman–Crippen MR) is 165 cm³/mol. The van der Waals surface area contributed by atoms with Gasteiger partial charge in [0.1, 0.15) is 37.6 Å². The number of guanidine groups is 1. The van der Waals surface area contributed by atoms with E-state index in [9.17, 15) is 19.2 Å². The van der Waals surface area contributed by atoms with E-state index in [-0.39, 0.29) is 13.2 Å². The topological polar surface area (TPSA) is 198 Å². The molecule has 2 atom stereocenters. The first kappa shape index (κ1) is 37.1. The minimum Gasteiger partial charge on any atom is -0.458 e. The smallest absolute Gasteiger partial charge is 0.408 e. The summed E-state index contributed by atoms with van der Waals surface area (Å²) in [5, 5.41) is 8.38. The van der Waals surface area contributed by atoms with E-state index in [1.54, 1.807) is 90.1 Å². The molecule has 0 bridgehead atoms. The average Bonchev–Trinajstić information content (AvgIpc) is 2.97. The van der Waals surface area contributed by atoms with Crippen molar-refractivity contribution >= 4 is 30.1 Å². The molecular formula is C31H43N5O10. The fraction of sp³-hybridized carbons (Fsp3) is 0.452. The molecule has 2 aromatic rings. The van der Waals surface area contributed by atoms with Gasteiger partial charge in [-0.05, 0) is 57.8 Å². The first-order valence-corrected chi connectivity index (χ1v) is 14.3. The highest BCUT2D eigenvalue weighted by atomic mass is 16.7. The molecule has 15 heteroatoms. The molecule has 0 spiro atoms. The number of alkyl carbamates (subject to hydrolysis) is 2. The number of esters is 2. The Balaban J connectivity index is 1.92. The Bertz CT molecular complexity index is 1290. The van der Waals surface area contributed by atoms with E-state index in [0.29, 0.717) is 0 Å². The van der Waals surface area contributed by atoms with E-state index < -0.39 is 66.6 Å². The molecule has 0 saturated heterocycles. The van der Waals surface area contributed by atoms with Crippen LogP contribution in [-0.2, 0) is 51.4 Å². The highest BCUT2D eigenvalue weighted by Gasteiger charge is 2.29. The van der Waals surface area contributed by atoms with Gasteiger partial charge in [0.05, 0.1) is 0 Å². The van der Waals surface area contributed by atoms with Crippen molar-refractivity contribution in [3.63, 3.8) is 0 Å². The zero-order valence-electron chi connectivity index (χ0n) is 26.9. The zero-order valence-corrected chi connectivity index (χ0v) is 26.9. The van der Waals surface area contributed by atoms with Gasteiger partial charge in [-0.2, -0.15) is 0 Å². The lowest BCUT2D eigenvalue weighted by Gasteiger charge is -2.24. The maximum atomic E-state index is 12.7. The van der Waals surface area contributed by atoms with Gasteiger partial charge in [-0.15, -0.1) is 0 Å². The summed E-state index contributed by atoms with van der Waals surface area (Å²) >= 11 is 0. The van der Waals surface area contributed by atoms with Gasteiger partial charge in [0.25, 0.3) is 5.96 Å². The number of benzene rings is 2. The lowest BCUT2D eigenvalue weighted by molar-refractivity contribution is -0.160. The van der Waals surface area contributed by atoms with Gasteiger partial charge < -0.3 is 40.2 Å². The van der Waals surface area contributed by atoms with Crippen molar-refractivity contribution in [2.24, 2.45) is 10.9 Å². The first-order valence-electron chi connectivity index (χ1n) is 14.3. The standard InChI is InChI=1S/C31H43N5O10/c1-30(2,3)45-25(37)23(33-28(39)41-17-21-13-9-7-10-14-21)19-43-35-27(32)36-44-20-24(26(38)46-31(4,5)6)34-29(40)42-18-22-15-11-8-12-16-22/h7-16,23-24H,17-20H2,1-6H3,(H,33,39)(H,34,40)(H3,32,35,36). The maximum absolute atomic E-state index is 12.7. The van der Waals surface area contributed by atoms with E-state index in [2.05, 4.69) is 21.3 Å². The Hall–Kier alpha value is -5.05. The molecule has 252 valence electrons. The summed E-state index contributed by atoms with van der Waals surface area (Å²) in [6.45, 7) is 9.02. The Morgan fingerprint density at radius 3 is 1.52 bits per heavy atom. The summed E-state index contributed by atoms with van der Waals surface area (Å²) in [6, 6.07) is 15.4. The number of nitrogens with one attached hydrogen (secondary N) is 3. The second-order valence-corrected chi connectivity index (χ2v) is 11.8. The van der Waals surface area contributed by atoms with Crippen LogP contribution in [-0.4, -0.2) is 66.6 Å². The second-order valence-electron chi connectivity index (χ2n) is 11.8. The van der Waals surface area contributed by atoms with Crippen LogP contribution in [0.15, 0.2) is 65.8 Å². The fourth-order valence-electron chi connectivity index (χ4n) is 3.30. The van der Waals surface area contributed by atoms with E-state index in [1.165, 1.54) is 0 Å². The molecule has 0 radical (unpaired) electrons. The summed E-state index contributed by atoms with van der Waals surface area (Å²) < 4.78 is 21.0. The zero-order chi connectivity index (χ0) is 34.2. The molecule has 0 aliphatic carbocycles. The Kier molecular flexibility index (Phi) is 14.6.